The van der Waals surface area contributed by atoms with Crippen molar-refractivity contribution in [1.82, 2.24) is 9.97 Å². The van der Waals surface area contributed by atoms with Gasteiger partial charge in [-0.2, -0.15) is 0 Å². The number of hydrogen-bond donors (Lipinski definition) is 0. The lowest BCUT2D eigenvalue weighted by atomic mass is 10.2. The Morgan fingerprint density at radius 1 is 1.73 bits per heavy atom. The summed E-state index contributed by atoms with van der Waals surface area (Å²) >= 11 is 3.23. The molecule has 0 radical (unpaired) electrons. The number of hydrogen-bond acceptors (Lipinski definition) is 2. The minimum Gasteiger partial charge on any atom is -0.247 e. The van der Waals surface area contributed by atoms with Gasteiger partial charge in [0.1, 0.15) is 12.5 Å². The van der Waals surface area contributed by atoms with Gasteiger partial charge in [0.2, 0.25) is 0 Å². The van der Waals surface area contributed by atoms with E-state index in [0.29, 0.717) is 6.42 Å². The highest BCUT2D eigenvalue weighted by Crippen LogP contribution is 2.14. The average molecular weight is 219 g/mol. The van der Waals surface area contributed by atoms with E-state index in [2.05, 4.69) is 25.9 Å². The number of nitrogens with zero attached hydrogens (tertiary/aromatic N) is 2. The van der Waals surface area contributed by atoms with Crippen LogP contribution in [0.1, 0.15) is 12.6 Å². The molecule has 1 atom stereocenters. The minimum atomic E-state index is -0.860. The third kappa shape index (κ3) is 2.54. The first-order chi connectivity index (χ1) is 5.20. The molecule has 1 rings (SSSR count). The van der Waals surface area contributed by atoms with Crippen LogP contribution in [0.15, 0.2) is 17.0 Å². The molecule has 1 aromatic heterocycles. The maximum absolute atomic E-state index is 12.5. The van der Waals surface area contributed by atoms with Gasteiger partial charge < -0.3 is 0 Å². The lowest BCUT2D eigenvalue weighted by Gasteiger charge is -2.01. The Balaban J connectivity index is 2.78. The van der Waals surface area contributed by atoms with Gasteiger partial charge in [-0.3, -0.25) is 0 Å². The molecule has 60 valence electrons. The van der Waals surface area contributed by atoms with E-state index in [4.69, 9.17) is 0 Å². The van der Waals surface area contributed by atoms with Gasteiger partial charge >= 0.3 is 0 Å². The first-order valence-electron chi connectivity index (χ1n) is 3.28. The minimum absolute atomic E-state index is 0.336. The van der Waals surface area contributed by atoms with Crippen molar-refractivity contribution >= 4 is 15.9 Å². The van der Waals surface area contributed by atoms with Gasteiger partial charge in [-0.15, -0.1) is 0 Å². The van der Waals surface area contributed by atoms with Crippen molar-refractivity contribution in [3.05, 3.63) is 22.7 Å². The van der Waals surface area contributed by atoms with E-state index in [1.165, 1.54) is 13.3 Å². The SMILES string of the molecule is CC(F)Cc1ncncc1Br. The maximum Gasteiger partial charge on any atom is 0.115 e. The molecular weight excluding hydrogens is 211 g/mol. The topological polar surface area (TPSA) is 25.8 Å². The Kier molecular flexibility index (Phi) is 2.93. The Hall–Kier alpha value is -0.510. The number of halogens is 2. The van der Waals surface area contributed by atoms with Crippen LogP contribution in [-0.2, 0) is 6.42 Å². The second-order valence-electron chi connectivity index (χ2n) is 2.30. The van der Waals surface area contributed by atoms with Crippen LogP contribution in [-0.4, -0.2) is 16.1 Å². The molecule has 0 amide bonds. The number of alkyl halides is 1. The standard InChI is InChI=1S/C7H8BrFN2/c1-5(9)2-7-6(8)3-10-4-11-7/h3-5H,2H2,1H3. The molecule has 0 fully saturated rings. The summed E-state index contributed by atoms with van der Waals surface area (Å²) in [6.07, 6.45) is 2.51. The van der Waals surface area contributed by atoms with Gasteiger partial charge in [0.15, 0.2) is 0 Å². The normalized spacial score (nSPS) is 13.0. The fourth-order valence-corrected chi connectivity index (χ4v) is 1.14. The molecule has 0 bridgehead atoms. The highest BCUT2D eigenvalue weighted by atomic mass is 79.9. The summed E-state index contributed by atoms with van der Waals surface area (Å²) in [6, 6.07) is 0. The Labute approximate surface area is 73.0 Å². The van der Waals surface area contributed by atoms with E-state index < -0.39 is 6.17 Å². The number of aromatic nitrogens is 2. The summed E-state index contributed by atoms with van der Waals surface area (Å²) in [7, 11) is 0. The molecule has 0 saturated carbocycles. The summed E-state index contributed by atoms with van der Waals surface area (Å²) in [5.41, 5.74) is 0.718. The highest BCUT2D eigenvalue weighted by molar-refractivity contribution is 9.10. The van der Waals surface area contributed by atoms with E-state index in [1.807, 2.05) is 0 Å². The van der Waals surface area contributed by atoms with Gasteiger partial charge in [-0.05, 0) is 22.9 Å². The second kappa shape index (κ2) is 3.76. The van der Waals surface area contributed by atoms with E-state index in [0.717, 1.165) is 10.2 Å². The molecule has 0 saturated heterocycles. The summed E-state index contributed by atoms with van der Waals surface area (Å²) in [5, 5.41) is 0. The van der Waals surface area contributed by atoms with Gasteiger partial charge in [-0.25, -0.2) is 14.4 Å². The van der Waals surface area contributed by atoms with Crippen LogP contribution in [0.3, 0.4) is 0 Å². The Morgan fingerprint density at radius 3 is 3.00 bits per heavy atom. The predicted molar refractivity (Wildman–Crippen MR) is 44.0 cm³/mol. The Morgan fingerprint density at radius 2 is 2.45 bits per heavy atom. The zero-order chi connectivity index (χ0) is 8.27. The molecule has 0 aliphatic carbocycles. The van der Waals surface area contributed by atoms with Gasteiger partial charge in [0.25, 0.3) is 0 Å². The molecule has 0 aromatic carbocycles. The largest absolute Gasteiger partial charge is 0.247 e. The van der Waals surface area contributed by atoms with Crippen molar-refractivity contribution in [3.63, 3.8) is 0 Å². The molecule has 0 N–H and O–H groups in total. The predicted octanol–water partition coefficient (Wildman–Crippen LogP) is 2.14. The molecule has 0 aliphatic rings. The molecule has 2 nitrogen and oxygen atoms in total. The second-order valence-corrected chi connectivity index (χ2v) is 3.16. The van der Waals surface area contributed by atoms with Crippen molar-refractivity contribution in [1.29, 1.82) is 0 Å². The maximum atomic E-state index is 12.5. The lowest BCUT2D eigenvalue weighted by molar-refractivity contribution is 0.357. The summed E-state index contributed by atoms with van der Waals surface area (Å²) in [5.74, 6) is 0. The van der Waals surface area contributed by atoms with E-state index in [9.17, 15) is 4.39 Å². The van der Waals surface area contributed by atoms with Crippen molar-refractivity contribution in [3.8, 4) is 0 Å². The van der Waals surface area contributed by atoms with Crippen LogP contribution in [0.4, 0.5) is 4.39 Å². The summed E-state index contributed by atoms with van der Waals surface area (Å²) in [4.78, 5) is 7.69. The fraction of sp³-hybridized carbons (Fsp3) is 0.429. The zero-order valence-electron chi connectivity index (χ0n) is 6.09. The fourth-order valence-electron chi connectivity index (χ4n) is 0.755. The molecule has 0 spiro atoms. The molecule has 4 heteroatoms. The third-order valence-electron chi connectivity index (χ3n) is 1.22. The highest BCUT2D eigenvalue weighted by Gasteiger charge is 2.05. The van der Waals surface area contributed by atoms with Crippen LogP contribution in [0, 0.1) is 0 Å². The van der Waals surface area contributed by atoms with Crippen molar-refractivity contribution < 1.29 is 4.39 Å². The number of rotatable bonds is 2. The van der Waals surface area contributed by atoms with Crippen molar-refractivity contribution in [2.75, 3.05) is 0 Å². The first kappa shape index (κ1) is 8.59. The molecule has 1 heterocycles. The van der Waals surface area contributed by atoms with Crippen LogP contribution in [0.5, 0.6) is 0 Å². The third-order valence-corrected chi connectivity index (χ3v) is 1.88. The molecule has 0 aliphatic heterocycles. The van der Waals surface area contributed by atoms with Crippen molar-refractivity contribution in [2.45, 2.75) is 19.5 Å². The first-order valence-corrected chi connectivity index (χ1v) is 4.08. The quantitative estimate of drug-likeness (QED) is 0.761. The Bertz CT molecular complexity index is 240. The van der Waals surface area contributed by atoms with Crippen LogP contribution >= 0.6 is 15.9 Å². The summed E-state index contributed by atoms with van der Waals surface area (Å²) in [6.45, 7) is 1.51. The van der Waals surface area contributed by atoms with E-state index in [1.54, 1.807) is 6.20 Å². The van der Waals surface area contributed by atoms with E-state index in [-0.39, 0.29) is 0 Å². The molecule has 1 unspecified atom stereocenters. The average Bonchev–Trinajstić information content (AvgIpc) is 1.93. The monoisotopic (exact) mass is 218 g/mol. The zero-order valence-corrected chi connectivity index (χ0v) is 7.68. The van der Waals surface area contributed by atoms with Gasteiger partial charge in [-0.1, -0.05) is 0 Å². The lowest BCUT2D eigenvalue weighted by Crippen LogP contribution is -2.01. The van der Waals surface area contributed by atoms with E-state index >= 15 is 0 Å². The van der Waals surface area contributed by atoms with Crippen LogP contribution in [0.2, 0.25) is 0 Å². The van der Waals surface area contributed by atoms with Crippen molar-refractivity contribution in [2.24, 2.45) is 0 Å². The molecule has 11 heavy (non-hydrogen) atoms. The molecule has 1 aromatic rings. The summed E-state index contributed by atoms with van der Waals surface area (Å²) < 4.78 is 13.3. The van der Waals surface area contributed by atoms with Crippen LogP contribution < -0.4 is 0 Å². The molecular formula is C7H8BrFN2. The van der Waals surface area contributed by atoms with Crippen LogP contribution in [0.25, 0.3) is 0 Å². The smallest absolute Gasteiger partial charge is 0.115 e. The van der Waals surface area contributed by atoms with Gasteiger partial charge in [0.05, 0.1) is 10.2 Å². The van der Waals surface area contributed by atoms with Gasteiger partial charge in [0, 0.05) is 12.6 Å².